The Hall–Kier alpha value is -1.16. The molecule has 98 valence electrons. The van der Waals surface area contributed by atoms with Crippen molar-refractivity contribution in [2.45, 2.75) is 20.8 Å². The van der Waals surface area contributed by atoms with Crippen LogP contribution in [0.15, 0.2) is 23.2 Å². The summed E-state index contributed by atoms with van der Waals surface area (Å²) in [5.41, 5.74) is 2.51. The molecule has 1 aliphatic heterocycles. The molecule has 0 amide bonds. The number of nitrogens with zero attached hydrogens (tertiary/aromatic N) is 1. The molecule has 1 N–H and O–H groups in total. The highest BCUT2D eigenvalue weighted by molar-refractivity contribution is 8.14. The zero-order valence-corrected chi connectivity index (χ0v) is 12.2. The Bertz CT molecular complexity index is 469. The van der Waals surface area contributed by atoms with Gasteiger partial charge in [0, 0.05) is 18.0 Å². The van der Waals surface area contributed by atoms with Crippen molar-refractivity contribution in [2.75, 3.05) is 24.7 Å². The fourth-order valence-electron chi connectivity index (χ4n) is 1.80. The number of ether oxygens (including phenoxy) is 1. The fraction of sp³-hybridized carbons (Fsp3) is 0.500. The molecule has 2 rings (SSSR count). The van der Waals surface area contributed by atoms with Gasteiger partial charge in [0.1, 0.15) is 5.75 Å². The molecule has 0 unspecified atom stereocenters. The Kier molecular flexibility index (Phi) is 3.85. The summed E-state index contributed by atoms with van der Waals surface area (Å²) in [6.07, 6.45) is 0. The van der Waals surface area contributed by atoms with Gasteiger partial charge in [-0.2, -0.15) is 0 Å². The van der Waals surface area contributed by atoms with Crippen LogP contribution in [0.1, 0.15) is 19.4 Å². The molecule has 4 heteroatoms. The lowest BCUT2D eigenvalue weighted by Crippen LogP contribution is -2.27. The first-order chi connectivity index (χ1) is 8.50. The van der Waals surface area contributed by atoms with E-state index < -0.39 is 0 Å². The highest BCUT2D eigenvalue weighted by Crippen LogP contribution is 2.29. The molecule has 0 aliphatic carbocycles. The molecule has 1 heterocycles. The average molecular weight is 264 g/mol. The van der Waals surface area contributed by atoms with E-state index in [0.29, 0.717) is 5.41 Å². The molecular weight excluding hydrogens is 244 g/mol. The van der Waals surface area contributed by atoms with E-state index in [2.05, 4.69) is 30.2 Å². The van der Waals surface area contributed by atoms with Gasteiger partial charge in [0.25, 0.3) is 0 Å². The summed E-state index contributed by atoms with van der Waals surface area (Å²) in [6, 6.07) is 6.09. The first-order valence-corrected chi connectivity index (χ1v) is 7.08. The summed E-state index contributed by atoms with van der Waals surface area (Å²) in [5, 5.41) is 4.38. The van der Waals surface area contributed by atoms with Crippen LogP contribution < -0.4 is 10.1 Å². The van der Waals surface area contributed by atoms with Crippen LogP contribution in [0.2, 0.25) is 0 Å². The quantitative estimate of drug-likeness (QED) is 0.887. The molecule has 18 heavy (non-hydrogen) atoms. The predicted molar refractivity (Wildman–Crippen MR) is 79.9 cm³/mol. The molecule has 1 aromatic rings. The lowest BCUT2D eigenvalue weighted by Gasteiger charge is -2.27. The summed E-state index contributed by atoms with van der Waals surface area (Å²) in [7, 11) is 1.69. The van der Waals surface area contributed by atoms with Crippen LogP contribution in [0, 0.1) is 12.3 Å². The third-order valence-electron chi connectivity index (χ3n) is 2.90. The summed E-state index contributed by atoms with van der Waals surface area (Å²) >= 11 is 1.79. The zero-order valence-electron chi connectivity index (χ0n) is 11.4. The number of hydrogen-bond donors (Lipinski definition) is 1. The molecule has 0 radical (unpaired) electrons. The van der Waals surface area contributed by atoms with Crippen molar-refractivity contribution < 1.29 is 4.74 Å². The summed E-state index contributed by atoms with van der Waals surface area (Å²) < 4.78 is 5.25. The number of aliphatic imine (C=N–C) groups is 1. The Morgan fingerprint density at radius 2 is 2.17 bits per heavy atom. The van der Waals surface area contributed by atoms with E-state index in [0.717, 1.165) is 34.5 Å². The lowest BCUT2D eigenvalue weighted by molar-refractivity contribution is 0.412. The van der Waals surface area contributed by atoms with Gasteiger partial charge in [0.15, 0.2) is 5.17 Å². The molecule has 0 saturated heterocycles. The molecule has 0 fully saturated rings. The van der Waals surface area contributed by atoms with Crippen LogP contribution in [0.25, 0.3) is 0 Å². The second-order valence-corrected chi connectivity index (χ2v) is 6.35. The van der Waals surface area contributed by atoms with Gasteiger partial charge in [0.2, 0.25) is 0 Å². The third-order valence-corrected chi connectivity index (χ3v) is 4.33. The number of nitrogens with one attached hydrogen (secondary N) is 1. The molecule has 0 spiro atoms. The van der Waals surface area contributed by atoms with E-state index in [4.69, 9.17) is 4.74 Å². The average Bonchev–Trinajstić information content (AvgIpc) is 2.32. The van der Waals surface area contributed by atoms with Crippen molar-refractivity contribution in [3.63, 3.8) is 0 Å². The maximum atomic E-state index is 5.25. The Labute approximate surface area is 113 Å². The van der Waals surface area contributed by atoms with Gasteiger partial charge < -0.3 is 10.1 Å². The van der Waals surface area contributed by atoms with E-state index in [1.54, 1.807) is 18.9 Å². The van der Waals surface area contributed by atoms with Crippen molar-refractivity contribution in [3.8, 4) is 5.75 Å². The molecule has 0 bridgehead atoms. The Morgan fingerprint density at radius 3 is 2.72 bits per heavy atom. The topological polar surface area (TPSA) is 33.6 Å². The molecule has 0 saturated carbocycles. The van der Waals surface area contributed by atoms with Crippen molar-refractivity contribution in [3.05, 3.63) is 23.8 Å². The number of thioether (sulfide) groups is 1. The van der Waals surface area contributed by atoms with E-state index in [1.165, 1.54) is 0 Å². The van der Waals surface area contributed by atoms with Crippen molar-refractivity contribution in [1.82, 2.24) is 0 Å². The Balaban J connectivity index is 2.06. The van der Waals surface area contributed by atoms with Crippen molar-refractivity contribution in [2.24, 2.45) is 10.4 Å². The minimum atomic E-state index is 0.311. The van der Waals surface area contributed by atoms with Gasteiger partial charge in [-0.25, -0.2) is 0 Å². The van der Waals surface area contributed by atoms with Crippen LogP contribution in [0.3, 0.4) is 0 Å². The van der Waals surface area contributed by atoms with Crippen molar-refractivity contribution >= 4 is 22.6 Å². The molecule has 1 aromatic carbocycles. The molecule has 0 atom stereocenters. The summed E-state index contributed by atoms with van der Waals surface area (Å²) in [5.74, 6) is 2.02. The van der Waals surface area contributed by atoms with Crippen LogP contribution in [-0.2, 0) is 0 Å². The largest absolute Gasteiger partial charge is 0.496 e. The monoisotopic (exact) mass is 264 g/mol. The number of aryl methyl sites for hydroxylation is 1. The second-order valence-electron chi connectivity index (χ2n) is 5.38. The van der Waals surface area contributed by atoms with Crippen LogP contribution in [0.5, 0.6) is 5.75 Å². The number of hydrogen-bond acceptors (Lipinski definition) is 4. The number of benzene rings is 1. The first kappa shape index (κ1) is 13.3. The van der Waals surface area contributed by atoms with Gasteiger partial charge in [0.05, 0.1) is 7.11 Å². The summed E-state index contributed by atoms with van der Waals surface area (Å²) in [4.78, 5) is 4.59. The smallest absolute Gasteiger partial charge is 0.161 e. The number of rotatable bonds is 2. The third kappa shape index (κ3) is 3.19. The number of anilines is 1. The zero-order chi connectivity index (χ0) is 13.2. The molecule has 3 nitrogen and oxygen atoms in total. The fourth-order valence-corrected chi connectivity index (χ4v) is 2.76. The summed E-state index contributed by atoms with van der Waals surface area (Å²) in [6.45, 7) is 7.43. The molecule has 0 aromatic heterocycles. The van der Waals surface area contributed by atoms with Gasteiger partial charge in [-0.3, -0.25) is 4.99 Å². The van der Waals surface area contributed by atoms with Gasteiger partial charge in [-0.05, 0) is 36.1 Å². The van der Waals surface area contributed by atoms with Crippen LogP contribution in [0.4, 0.5) is 5.69 Å². The van der Waals surface area contributed by atoms with E-state index >= 15 is 0 Å². The molecule has 1 aliphatic rings. The SMILES string of the molecule is COc1ccc(NC2=NCC(C)(C)CS2)cc1C. The molecular formula is C14H20N2OS. The van der Waals surface area contributed by atoms with Crippen LogP contribution in [-0.4, -0.2) is 24.6 Å². The second kappa shape index (κ2) is 5.22. The van der Waals surface area contributed by atoms with Crippen LogP contribution >= 0.6 is 11.8 Å². The van der Waals surface area contributed by atoms with Gasteiger partial charge >= 0.3 is 0 Å². The lowest BCUT2D eigenvalue weighted by atomic mass is 9.97. The number of methoxy groups -OCH3 is 1. The predicted octanol–water partition coefficient (Wildman–Crippen LogP) is 3.54. The van der Waals surface area contributed by atoms with E-state index in [9.17, 15) is 0 Å². The first-order valence-electron chi connectivity index (χ1n) is 6.09. The minimum absolute atomic E-state index is 0.311. The van der Waals surface area contributed by atoms with E-state index in [-0.39, 0.29) is 0 Å². The normalized spacial score (nSPS) is 18.1. The Morgan fingerprint density at radius 1 is 1.39 bits per heavy atom. The van der Waals surface area contributed by atoms with Gasteiger partial charge in [-0.15, -0.1) is 0 Å². The van der Waals surface area contributed by atoms with E-state index in [1.807, 2.05) is 19.1 Å². The highest BCUT2D eigenvalue weighted by atomic mass is 32.2. The number of amidine groups is 1. The highest BCUT2D eigenvalue weighted by Gasteiger charge is 2.23. The maximum Gasteiger partial charge on any atom is 0.161 e. The van der Waals surface area contributed by atoms with Crippen molar-refractivity contribution in [1.29, 1.82) is 0 Å². The van der Waals surface area contributed by atoms with Gasteiger partial charge in [-0.1, -0.05) is 25.6 Å². The maximum absolute atomic E-state index is 5.25. The standard InChI is InChI=1S/C14H20N2OS/c1-10-7-11(5-6-12(10)17-4)16-13-15-8-14(2,3)9-18-13/h5-7H,8-9H2,1-4H3,(H,15,16). The minimum Gasteiger partial charge on any atom is -0.496 e.